The second-order valence-electron chi connectivity index (χ2n) is 4.95. The molecule has 114 valence electrons. The topological polar surface area (TPSA) is 66.0 Å². The number of hydrogen-bond acceptors (Lipinski definition) is 7. The molecular formula is C14H14N4O2S2. The van der Waals surface area contributed by atoms with Crippen LogP contribution in [-0.2, 0) is 19.2 Å². The molecule has 1 aliphatic heterocycles. The molecule has 8 heteroatoms. The molecule has 0 saturated carbocycles. The van der Waals surface area contributed by atoms with Crippen molar-refractivity contribution in [3.63, 3.8) is 0 Å². The van der Waals surface area contributed by atoms with Gasteiger partial charge in [-0.3, -0.25) is 4.68 Å². The highest BCUT2D eigenvalue weighted by Gasteiger charge is 2.25. The van der Waals surface area contributed by atoms with Crippen LogP contribution < -0.4 is 4.74 Å². The Kier molecular flexibility index (Phi) is 3.42. The van der Waals surface area contributed by atoms with E-state index in [0.717, 1.165) is 39.9 Å². The second-order valence-corrected chi connectivity index (χ2v) is 6.93. The zero-order valence-electron chi connectivity index (χ0n) is 12.2. The van der Waals surface area contributed by atoms with Crippen LogP contribution in [0.3, 0.4) is 0 Å². The lowest BCUT2D eigenvalue weighted by molar-refractivity contribution is 0.421. The quantitative estimate of drug-likeness (QED) is 0.733. The van der Waals surface area contributed by atoms with Gasteiger partial charge in [0.2, 0.25) is 5.82 Å². The smallest absolute Gasteiger partial charge is 0.276 e. The predicted octanol–water partition coefficient (Wildman–Crippen LogP) is 3.00. The fourth-order valence-corrected chi connectivity index (χ4v) is 4.33. The fraction of sp³-hybridized carbons (Fsp3) is 0.357. The third kappa shape index (κ3) is 2.14. The number of nitrogens with zero attached hydrogens (tertiary/aromatic N) is 4. The Morgan fingerprint density at radius 1 is 1.41 bits per heavy atom. The summed E-state index contributed by atoms with van der Waals surface area (Å²) < 4.78 is 12.7. The van der Waals surface area contributed by atoms with Gasteiger partial charge < -0.3 is 9.26 Å². The molecule has 0 amide bonds. The molecule has 0 fully saturated rings. The Labute approximate surface area is 135 Å². The number of methoxy groups -OCH3 is 1. The highest BCUT2D eigenvalue weighted by molar-refractivity contribution is 7.98. The largest absolute Gasteiger partial charge is 0.487 e. The highest BCUT2D eigenvalue weighted by atomic mass is 32.2. The van der Waals surface area contributed by atoms with E-state index >= 15 is 0 Å². The second kappa shape index (κ2) is 5.44. The van der Waals surface area contributed by atoms with Gasteiger partial charge in [-0.25, -0.2) is 0 Å². The van der Waals surface area contributed by atoms with Crippen LogP contribution in [0.4, 0.5) is 0 Å². The van der Waals surface area contributed by atoms with E-state index in [9.17, 15) is 0 Å². The molecular weight excluding hydrogens is 320 g/mol. The molecule has 3 aromatic rings. The van der Waals surface area contributed by atoms with E-state index in [1.165, 1.54) is 16.9 Å². The van der Waals surface area contributed by atoms with Gasteiger partial charge >= 0.3 is 0 Å². The van der Waals surface area contributed by atoms with Crippen LogP contribution in [0.25, 0.3) is 23.0 Å². The number of rotatable bonds is 3. The van der Waals surface area contributed by atoms with Crippen molar-refractivity contribution >= 4 is 23.1 Å². The van der Waals surface area contributed by atoms with E-state index in [0.29, 0.717) is 11.7 Å². The number of thioether (sulfide) groups is 1. The van der Waals surface area contributed by atoms with Crippen LogP contribution in [0.5, 0.6) is 5.06 Å². The Morgan fingerprint density at radius 2 is 2.32 bits per heavy atom. The molecule has 0 atom stereocenters. The molecule has 1 aliphatic rings. The molecule has 0 radical (unpaired) electrons. The van der Waals surface area contributed by atoms with E-state index in [4.69, 9.17) is 9.26 Å². The molecule has 0 unspecified atom stereocenters. The summed E-state index contributed by atoms with van der Waals surface area (Å²) >= 11 is 3.42. The number of aromatic nitrogens is 4. The van der Waals surface area contributed by atoms with Crippen molar-refractivity contribution in [2.45, 2.75) is 12.2 Å². The van der Waals surface area contributed by atoms with E-state index in [1.54, 1.807) is 7.11 Å². The molecule has 0 aliphatic carbocycles. The van der Waals surface area contributed by atoms with Crippen LogP contribution in [-0.4, -0.2) is 32.8 Å². The maximum atomic E-state index is 5.50. The maximum Gasteiger partial charge on any atom is 0.276 e. The minimum absolute atomic E-state index is 0.516. The summed E-state index contributed by atoms with van der Waals surface area (Å²) in [6, 6.07) is 1.94. The first-order valence-electron chi connectivity index (χ1n) is 6.86. The predicted molar refractivity (Wildman–Crippen MR) is 86.2 cm³/mol. The van der Waals surface area contributed by atoms with Gasteiger partial charge in [0.1, 0.15) is 5.69 Å². The number of ether oxygens (including phenoxy) is 1. The molecule has 0 saturated heterocycles. The first-order chi connectivity index (χ1) is 10.8. The lowest BCUT2D eigenvalue weighted by Crippen LogP contribution is -2.00. The van der Waals surface area contributed by atoms with E-state index in [1.807, 2.05) is 34.9 Å². The zero-order valence-corrected chi connectivity index (χ0v) is 13.8. The van der Waals surface area contributed by atoms with Crippen molar-refractivity contribution in [2.24, 2.45) is 7.05 Å². The summed E-state index contributed by atoms with van der Waals surface area (Å²) in [7, 11) is 3.57. The third-order valence-corrected chi connectivity index (χ3v) is 5.50. The summed E-state index contributed by atoms with van der Waals surface area (Å²) in [5.74, 6) is 3.12. The van der Waals surface area contributed by atoms with Gasteiger partial charge in [0.05, 0.1) is 18.4 Å². The van der Waals surface area contributed by atoms with E-state index < -0.39 is 0 Å². The number of thiophene rings is 1. The van der Waals surface area contributed by atoms with Gasteiger partial charge in [0.15, 0.2) is 5.06 Å². The van der Waals surface area contributed by atoms with Gasteiger partial charge in [-0.05, 0) is 17.2 Å². The summed E-state index contributed by atoms with van der Waals surface area (Å²) in [5, 5.41) is 11.4. The number of hydrogen-bond donors (Lipinski definition) is 0. The summed E-state index contributed by atoms with van der Waals surface area (Å²) in [6.45, 7) is 0. The number of fused-ring (bicyclic) bond motifs is 1. The summed E-state index contributed by atoms with van der Waals surface area (Å²) in [5.41, 5.74) is 4.14. The van der Waals surface area contributed by atoms with Crippen molar-refractivity contribution < 1.29 is 9.26 Å². The molecule has 4 rings (SSSR count). The van der Waals surface area contributed by atoms with Crippen LogP contribution >= 0.6 is 23.1 Å². The van der Waals surface area contributed by atoms with Crippen molar-refractivity contribution in [1.82, 2.24) is 19.9 Å². The summed E-state index contributed by atoms with van der Waals surface area (Å²) in [6.07, 6.45) is 0.993. The van der Waals surface area contributed by atoms with Crippen molar-refractivity contribution in [3.05, 3.63) is 22.7 Å². The first kappa shape index (κ1) is 13.8. The van der Waals surface area contributed by atoms with Gasteiger partial charge in [-0.15, -0.1) is 11.3 Å². The molecule has 0 aromatic carbocycles. The van der Waals surface area contributed by atoms with Gasteiger partial charge in [-0.2, -0.15) is 21.8 Å². The van der Waals surface area contributed by atoms with Gasteiger partial charge in [0.25, 0.3) is 5.89 Å². The molecule has 0 bridgehead atoms. The minimum Gasteiger partial charge on any atom is -0.487 e. The minimum atomic E-state index is 0.516. The molecule has 6 nitrogen and oxygen atoms in total. The molecule has 0 spiro atoms. The van der Waals surface area contributed by atoms with Crippen LogP contribution in [0.1, 0.15) is 11.3 Å². The van der Waals surface area contributed by atoms with Crippen molar-refractivity contribution in [1.29, 1.82) is 0 Å². The molecule has 22 heavy (non-hydrogen) atoms. The average Bonchev–Trinajstić information content (AvgIpc) is 3.23. The Bertz CT molecular complexity index is 821. The van der Waals surface area contributed by atoms with Gasteiger partial charge in [-0.1, -0.05) is 5.16 Å². The Balaban J connectivity index is 1.78. The van der Waals surface area contributed by atoms with Crippen LogP contribution in [0, 0.1) is 0 Å². The van der Waals surface area contributed by atoms with Crippen molar-refractivity contribution in [3.8, 4) is 28.0 Å². The maximum absolute atomic E-state index is 5.50. The Hall–Kier alpha value is -1.80. The standard InChI is InChI=1S/C14H14N4O2S2/c1-18-11(9-7-21-5-4-10(9)16-18)13-15-12(17-20-13)8-3-6-22-14(8)19-2/h3,6H,4-5,7H2,1-2H3. The Morgan fingerprint density at radius 3 is 3.18 bits per heavy atom. The molecule has 4 heterocycles. The lowest BCUT2D eigenvalue weighted by Gasteiger charge is -2.09. The average molecular weight is 334 g/mol. The highest BCUT2D eigenvalue weighted by Crippen LogP contribution is 2.36. The SMILES string of the molecule is COc1sccc1-c1noc(-c2c3c(nn2C)CCSC3)n1. The fourth-order valence-electron chi connectivity index (χ4n) is 2.63. The molecule has 3 aromatic heterocycles. The molecule has 0 N–H and O–H groups in total. The monoisotopic (exact) mass is 334 g/mol. The van der Waals surface area contributed by atoms with E-state index in [-0.39, 0.29) is 0 Å². The third-order valence-electron chi connectivity index (χ3n) is 3.64. The van der Waals surface area contributed by atoms with Gasteiger partial charge in [0, 0.05) is 24.8 Å². The normalized spacial score (nSPS) is 14.1. The van der Waals surface area contributed by atoms with Crippen LogP contribution in [0.2, 0.25) is 0 Å². The zero-order chi connectivity index (χ0) is 15.1. The van der Waals surface area contributed by atoms with Crippen molar-refractivity contribution in [2.75, 3.05) is 12.9 Å². The van der Waals surface area contributed by atoms with E-state index in [2.05, 4.69) is 15.2 Å². The first-order valence-corrected chi connectivity index (χ1v) is 8.89. The van der Waals surface area contributed by atoms with Crippen LogP contribution in [0.15, 0.2) is 16.0 Å². The number of aryl methyl sites for hydroxylation is 2. The lowest BCUT2D eigenvalue weighted by atomic mass is 10.1. The summed E-state index contributed by atoms with van der Waals surface area (Å²) in [4.78, 5) is 4.55.